The number of nitrogens with zero attached hydrogens (tertiary/aromatic N) is 2. The zero-order chi connectivity index (χ0) is 11.5. The number of rotatable bonds is 2. The third-order valence-electron chi connectivity index (χ3n) is 1.74. The second kappa shape index (κ2) is 4.50. The summed E-state index contributed by atoms with van der Waals surface area (Å²) >= 11 is 5.89. The molecule has 0 radical (unpaired) electrons. The average molecular weight is 224 g/mol. The van der Waals surface area contributed by atoms with Crippen LogP contribution in [0.15, 0.2) is 6.07 Å². The first-order chi connectivity index (χ1) is 6.93. The predicted octanol–water partition coefficient (Wildman–Crippen LogP) is 2.47. The lowest BCUT2D eigenvalue weighted by Crippen LogP contribution is -2.17. The van der Waals surface area contributed by atoms with E-state index in [0.29, 0.717) is 23.3 Å². The molecule has 0 aliphatic rings. The van der Waals surface area contributed by atoms with Crippen molar-refractivity contribution in [3.8, 4) is 12.3 Å². The van der Waals surface area contributed by atoms with Crippen molar-refractivity contribution < 1.29 is 0 Å². The molecular formula is C11H14ClN3. The summed E-state index contributed by atoms with van der Waals surface area (Å²) in [6.45, 7) is 6.52. The Kier molecular flexibility index (Phi) is 3.54. The fraction of sp³-hybridized carbons (Fsp3) is 0.455. The van der Waals surface area contributed by atoms with E-state index in [-0.39, 0.29) is 5.41 Å². The van der Waals surface area contributed by atoms with Crippen molar-refractivity contribution in [2.24, 2.45) is 0 Å². The summed E-state index contributed by atoms with van der Waals surface area (Å²) < 4.78 is 0. The summed E-state index contributed by atoms with van der Waals surface area (Å²) in [5.74, 6) is 3.85. The van der Waals surface area contributed by atoms with Gasteiger partial charge in [-0.05, 0) is 0 Å². The molecule has 15 heavy (non-hydrogen) atoms. The molecule has 0 aliphatic heterocycles. The molecule has 80 valence electrons. The second-order valence-electron chi connectivity index (χ2n) is 4.21. The van der Waals surface area contributed by atoms with Gasteiger partial charge in [0, 0.05) is 11.5 Å². The van der Waals surface area contributed by atoms with Crippen LogP contribution in [-0.4, -0.2) is 16.5 Å². The highest BCUT2D eigenvalue weighted by atomic mass is 35.5. The fourth-order valence-corrected chi connectivity index (χ4v) is 1.17. The molecule has 0 fully saturated rings. The molecule has 1 heterocycles. The van der Waals surface area contributed by atoms with Crippen LogP contribution in [0.1, 0.15) is 26.6 Å². The summed E-state index contributed by atoms with van der Waals surface area (Å²) in [5.41, 5.74) is -0.128. The van der Waals surface area contributed by atoms with Gasteiger partial charge in [-0.25, -0.2) is 9.97 Å². The van der Waals surface area contributed by atoms with Gasteiger partial charge < -0.3 is 5.32 Å². The van der Waals surface area contributed by atoms with E-state index in [0.717, 1.165) is 0 Å². The number of nitrogens with one attached hydrogen (secondary N) is 1. The Balaban J connectivity index is 3.01. The highest BCUT2D eigenvalue weighted by Crippen LogP contribution is 2.21. The van der Waals surface area contributed by atoms with Gasteiger partial charge in [-0.3, -0.25) is 0 Å². The Labute approximate surface area is 95.3 Å². The highest BCUT2D eigenvalue weighted by Gasteiger charge is 2.18. The summed E-state index contributed by atoms with van der Waals surface area (Å²) in [5, 5.41) is 3.40. The quantitative estimate of drug-likeness (QED) is 0.618. The number of hydrogen-bond acceptors (Lipinski definition) is 3. The van der Waals surface area contributed by atoms with Crippen LogP contribution in [-0.2, 0) is 5.41 Å². The van der Waals surface area contributed by atoms with Crippen molar-refractivity contribution in [1.82, 2.24) is 9.97 Å². The average Bonchev–Trinajstić information content (AvgIpc) is 2.12. The normalized spacial score (nSPS) is 10.9. The zero-order valence-electron chi connectivity index (χ0n) is 9.13. The van der Waals surface area contributed by atoms with Gasteiger partial charge in [0.15, 0.2) is 0 Å². The Hall–Kier alpha value is -1.27. The molecule has 1 rings (SSSR count). The zero-order valence-corrected chi connectivity index (χ0v) is 9.89. The first kappa shape index (κ1) is 11.8. The summed E-state index contributed by atoms with van der Waals surface area (Å²) in [6, 6.07) is 1.66. The molecule has 0 saturated heterocycles. The van der Waals surface area contributed by atoms with Gasteiger partial charge in [-0.1, -0.05) is 38.3 Å². The highest BCUT2D eigenvalue weighted by molar-refractivity contribution is 6.29. The summed E-state index contributed by atoms with van der Waals surface area (Å²) in [4.78, 5) is 8.52. The topological polar surface area (TPSA) is 37.8 Å². The van der Waals surface area contributed by atoms with Crippen LogP contribution >= 0.6 is 11.6 Å². The molecule has 0 bridgehead atoms. The maximum atomic E-state index is 5.89. The summed E-state index contributed by atoms with van der Waals surface area (Å²) in [7, 11) is 0. The number of hydrogen-bond donors (Lipinski definition) is 1. The molecular weight excluding hydrogens is 210 g/mol. The Bertz CT molecular complexity index is 388. The maximum Gasteiger partial charge on any atom is 0.137 e. The Morgan fingerprint density at radius 2 is 2.13 bits per heavy atom. The van der Waals surface area contributed by atoms with Crippen molar-refractivity contribution in [3.05, 3.63) is 17.0 Å². The van der Waals surface area contributed by atoms with Gasteiger partial charge >= 0.3 is 0 Å². The first-order valence-electron chi connectivity index (χ1n) is 4.66. The van der Waals surface area contributed by atoms with Crippen LogP contribution in [0, 0.1) is 12.3 Å². The van der Waals surface area contributed by atoms with Crippen LogP contribution in [0.5, 0.6) is 0 Å². The van der Waals surface area contributed by atoms with Crippen LogP contribution in [0.3, 0.4) is 0 Å². The molecule has 0 amide bonds. The van der Waals surface area contributed by atoms with Crippen LogP contribution < -0.4 is 5.32 Å². The summed E-state index contributed by atoms with van der Waals surface area (Å²) in [6.07, 6.45) is 5.15. The molecule has 1 aromatic heterocycles. The fourth-order valence-electron chi connectivity index (χ4n) is 0.985. The minimum Gasteiger partial charge on any atom is -0.359 e. The standard InChI is InChI=1S/C11H14ClN3/c1-5-6-13-9-7-8(12)14-10(15-9)11(2,3)4/h1,7H,6H2,2-4H3,(H,13,14,15). The van der Waals surface area contributed by atoms with Crippen molar-refractivity contribution >= 4 is 17.4 Å². The predicted molar refractivity (Wildman–Crippen MR) is 63.1 cm³/mol. The number of anilines is 1. The molecule has 0 aliphatic carbocycles. The van der Waals surface area contributed by atoms with Gasteiger partial charge in [0.25, 0.3) is 0 Å². The second-order valence-corrected chi connectivity index (χ2v) is 4.59. The van der Waals surface area contributed by atoms with Crippen molar-refractivity contribution in [3.63, 3.8) is 0 Å². The number of aromatic nitrogens is 2. The van der Waals surface area contributed by atoms with Gasteiger partial charge in [-0.15, -0.1) is 6.42 Å². The lowest BCUT2D eigenvalue weighted by molar-refractivity contribution is 0.546. The first-order valence-corrected chi connectivity index (χ1v) is 5.03. The lowest BCUT2D eigenvalue weighted by atomic mass is 9.96. The third-order valence-corrected chi connectivity index (χ3v) is 1.93. The number of halogens is 1. The van der Waals surface area contributed by atoms with Gasteiger partial charge in [-0.2, -0.15) is 0 Å². The van der Waals surface area contributed by atoms with E-state index in [4.69, 9.17) is 18.0 Å². The van der Waals surface area contributed by atoms with E-state index >= 15 is 0 Å². The van der Waals surface area contributed by atoms with E-state index < -0.39 is 0 Å². The smallest absolute Gasteiger partial charge is 0.137 e. The molecule has 0 aromatic carbocycles. The van der Waals surface area contributed by atoms with E-state index in [1.165, 1.54) is 0 Å². The van der Waals surface area contributed by atoms with Gasteiger partial charge in [0.05, 0.1) is 6.54 Å². The molecule has 0 atom stereocenters. The molecule has 0 saturated carbocycles. The van der Waals surface area contributed by atoms with Crippen molar-refractivity contribution in [1.29, 1.82) is 0 Å². The SMILES string of the molecule is C#CCNc1cc(Cl)nc(C(C)(C)C)n1. The van der Waals surface area contributed by atoms with E-state index in [9.17, 15) is 0 Å². The largest absolute Gasteiger partial charge is 0.359 e. The lowest BCUT2D eigenvalue weighted by Gasteiger charge is -2.17. The van der Waals surface area contributed by atoms with E-state index in [2.05, 4.69) is 21.2 Å². The minimum absolute atomic E-state index is 0.128. The van der Waals surface area contributed by atoms with Gasteiger partial charge in [0.1, 0.15) is 16.8 Å². The van der Waals surface area contributed by atoms with Crippen molar-refractivity contribution in [2.45, 2.75) is 26.2 Å². The van der Waals surface area contributed by atoms with Gasteiger partial charge in [0.2, 0.25) is 0 Å². The van der Waals surface area contributed by atoms with Crippen LogP contribution in [0.2, 0.25) is 5.15 Å². The van der Waals surface area contributed by atoms with Crippen LogP contribution in [0.4, 0.5) is 5.82 Å². The minimum atomic E-state index is -0.128. The maximum absolute atomic E-state index is 5.89. The van der Waals surface area contributed by atoms with E-state index in [1.54, 1.807) is 6.07 Å². The molecule has 1 aromatic rings. The molecule has 0 unspecified atom stereocenters. The monoisotopic (exact) mass is 223 g/mol. The van der Waals surface area contributed by atoms with E-state index in [1.807, 2.05) is 20.8 Å². The molecule has 1 N–H and O–H groups in total. The Morgan fingerprint density at radius 3 is 2.67 bits per heavy atom. The van der Waals surface area contributed by atoms with Crippen LogP contribution in [0.25, 0.3) is 0 Å². The third kappa shape index (κ3) is 3.41. The number of terminal acetylenes is 1. The molecule has 4 heteroatoms. The molecule has 0 spiro atoms. The Morgan fingerprint density at radius 1 is 1.47 bits per heavy atom. The van der Waals surface area contributed by atoms with Crippen molar-refractivity contribution in [2.75, 3.05) is 11.9 Å². The molecule has 3 nitrogen and oxygen atoms in total.